The lowest BCUT2D eigenvalue weighted by molar-refractivity contribution is 0.204. The van der Waals surface area contributed by atoms with Gasteiger partial charge in [0.25, 0.3) is 0 Å². The van der Waals surface area contributed by atoms with Crippen LogP contribution in [0.4, 0.5) is 0 Å². The molecule has 0 radical (unpaired) electrons. The van der Waals surface area contributed by atoms with Gasteiger partial charge in [0.05, 0.1) is 18.6 Å². The summed E-state index contributed by atoms with van der Waals surface area (Å²) in [5, 5.41) is 0. The van der Waals surface area contributed by atoms with Crippen molar-refractivity contribution in [1.82, 2.24) is 4.72 Å². The second kappa shape index (κ2) is 6.69. The Morgan fingerprint density at radius 3 is 2.61 bits per heavy atom. The Kier molecular flexibility index (Phi) is 5.54. The maximum atomic E-state index is 11.9. The van der Waals surface area contributed by atoms with Crippen LogP contribution in [0.1, 0.15) is 5.56 Å². The predicted octanol–water partition coefficient (Wildman–Crippen LogP) is 0.0786. The Bertz CT molecular complexity index is 488. The van der Waals surface area contributed by atoms with E-state index in [4.69, 9.17) is 15.2 Å². The highest BCUT2D eigenvalue weighted by Crippen LogP contribution is 2.21. The summed E-state index contributed by atoms with van der Waals surface area (Å²) in [6.07, 6.45) is 0. The molecule has 0 bridgehead atoms. The number of hydrogen-bond acceptors (Lipinski definition) is 5. The molecular formula is C11H18N2O4S. The number of hydrogen-bond donors (Lipinski definition) is 2. The van der Waals surface area contributed by atoms with Gasteiger partial charge in [-0.1, -0.05) is 0 Å². The molecule has 0 spiro atoms. The molecule has 3 N–H and O–H groups in total. The normalized spacial score (nSPS) is 11.5. The van der Waals surface area contributed by atoms with E-state index in [0.717, 1.165) is 0 Å². The molecule has 1 rings (SSSR count). The van der Waals surface area contributed by atoms with Crippen LogP contribution in [-0.2, 0) is 21.3 Å². The summed E-state index contributed by atoms with van der Waals surface area (Å²) in [7, 11) is -0.510. The van der Waals surface area contributed by atoms with Gasteiger partial charge in [-0.25, -0.2) is 13.1 Å². The van der Waals surface area contributed by atoms with Gasteiger partial charge < -0.3 is 15.2 Å². The first-order valence-corrected chi connectivity index (χ1v) is 6.89. The number of nitrogens with two attached hydrogens (primary N) is 1. The van der Waals surface area contributed by atoms with Crippen LogP contribution in [0.5, 0.6) is 5.75 Å². The highest BCUT2D eigenvalue weighted by molar-refractivity contribution is 7.89. The highest BCUT2D eigenvalue weighted by atomic mass is 32.2. The lowest BCUT2D eigenvalue weighted by Crippen LogP contribution is -2.27. The molecular weight excluding hydrogens is 256 g/mol. The van der Waals surface area contributed by atoms with Crippen molar-refractivity contribution in [3.8, 4) is 5.75 Å². The second-order valence-corrected chi connectivity index (χ2v) is 5.34. The van der Waals surface area contributed by atoms with Crippen molar-refractivity contribution < 1.29 is 17.9 Å². The smallest absolute Gasteiger partial charge is 0.240 e. The lowest BCUT2D eigenvalue weighted by atomic mass is 10.2. The third-order valence-corrected chi connectivity index (χ3v) is 3.84. The van der Waals surface area contributed by atoms with Gasteiger partial charge >= 0.3 is 0 Å². The molecule has 0 heterocycles. The van der Waals surface area contributed by atoms with Crippen molar-refractivity contribution in [2.24, 2.45) is 5.73 Å². The van der Waals surface area contributed by atoms with E-state index in [2.05, 4.69) is 4.72 Å². The van der Waals surface area contributed by atoms with Crippen molar-refractivity contribution in [3.63, 3.8) is 0 Å². The average molecular weight is 274 g/mol. The number of sulfonamides is 1. The molecule has 0 unspecified atom stereocenters. The largest absolute Gasteiger partial charge is 0.496 e. The zero-order valence-corrected chi connectivity index (χ0v) is 11.3. The minimum Gasteiger partial charge on any atom is -0.496 e. The number of benzene rings is 1. The molecule has 0 saturated heterocycles. The van der Waals surface area contributed by atoms with Crippen LogP contribution in [0.2, 0.25) is 0 Å². The monoisotopic (exact) mass is 274 g/mol. The molecule has 0 amide bonds. The Hall–Kier alpha value is -1.15. The molecule has 7 heteroatoms. The van der Waals surface area contributed by atoms with Crippen molar-refractivity contribution >= 4 is 10.0 Å². The van der Waals surface area contributed by atoms with Crippen molar-refractivity contribution in [2.45, 2.75) is 11.4 Å². The first-order chi connectivity index (χ1) is 8.55. The van der Waals surface area contributed by atoms with Crippen LogP contribution < -0.4 is 15.2 Å². The minimum absolute atomic E-state index is 0.167. The van der Waals surface area contributed by atoms with E-state index >= 15 is 0 Å². The third kappa shape index (κ3) is 3.67. The van der Waals surface area contributed by atoms with Crippen LogP contribution in [0.25, 0.3) is 0 Å². The van der Waals surface area contributed by atoms with E-state index < -0.39 is 10.0 Å². The van der Waals surface area contributed by atoms with Gasteiger partial charge in [0.1, 0.15) is 5.75 Å². The van der Waals surface area contributed by atoms with Gasteiger partial charge in [0.15, 0.2) is 0 Å². The minimum atomic E-state index is -3.53. The van der Waals surface area contributed by atoms with Gasteiger partial charge in [0, 0.05) is 25.8 Å². The molecule has 6 nitrogen and oxygen atoms in total. The number of nitrogens with one attached hydrogen (secondary N) is 1. The van der Waals surface area contributed by atoms with E-state index in [1.807, 2.05) is 0 Å². The van der Waals surface area contributed by atoms with E-state index in [9.17, 15) is 8.42 Å². The fraction of sp³-hybridized carbons (Fsp3) is 0.455. The Morgan fingerprint density at radius 2 is 2.06 bits per heavy atom. The fourth-order valence-electron chi connectivity index (χ4n) is 1.44. The molecule has 18 heavy (non-hydrogen) atoms. The number of ether oxygens (including phenoxy) is 2. The van der Waals surface area contributed by atoms with Gasteiger partial charge in [-0.15, -0.1) is 0 Å². The summed E-state index contributed by atoms with van der Waals surface area (Å²) in [6.45, 7) is 0.757. The van der Waals surface area contributed by atoms with Crippen molar-refractivity contribution in [1.29, 1.82) is 0 Å². The van der Waals surface area contributed by atoms with Gasteiger partial charge in [0.2, 0.25) is 10.0 Å². The maximum absolute atomic E-state index is 11.9. The summed E-state index contributed by atoms with van der Waals surface area (Å²) in [5.74, 6) is 0.577. The van der Waals surface area contributed by atoms with Gasteiger partial charge in [-0.2, -0.15) is 0 Å². The van der Waals surface area contributed by atoms with Crippen LogP contribution in [0.3, 0.4) is 0 Å². The van der Waals surface area contributed by atoms with Gasteiger partial charge in [-0.05, 0) is 18.2 Å². The fourth-order valence-corrected chi connectivity index (χ4v) is 2.51. The van der Waals surface area contributed by atoms with Crippen molar-refractivity contribution in [3.05, 3.63) is 23.8 Å². The molecule has 0 saturated carbocycles. The second-order valence-electron chi connectivity index (χ2n) is 3.57. The van der Waals surface area contributed by atoms with Crippen LogP contribution in [0, 0.1) is 0 Å². The summed E-state index contributed by atoms with van der Waals surface area (Å²) in [4.78, 5) is 0.167. The van der Waals surface area contributed by atoms with Crippen LogP contribution >= 0.6 is 0 Å². The maximum Gasteiger partial charge on any atom is 0.240 e. The van der Waals surface area contributed by atoms with E-state index in [1.165, 1.54) is 26.4 Å². The Labute approximate surface area is 107 Å². The molecule has 0 fully saturated rings. The molecule has 102 valence electrons. The Morgan fingerprint density at radius 1 is 1.33 bits per heavy atom. The first-order valence-electron chi connectivity index (χ1n) is 5.40. The summed E-state index contributed by atoms with van der Waals surface area (Å²) < 4.78 is 36.2. The SMILES string of the molecule is COCCNS(=O)(=O)c1ccc(OC)c(CN)c1. The first kappa shape index (κ1) is 14.9. The quantitative estimate of drug-likeness (QED) is 0.687. The molecule has 0 aromatic heterocycles. The van der Waals surface area contributed by atoms with E-state index in [-0.39, 0.29) is 18.0 Å². The summed E-state index contributed by atoms with van der Waals surface area (Å²) in [6, 6.07) is 4.58. The predicted molar refractivity (Wildman–Crippen MR) is 67.9 cm³/mol. The lowest BCUT2D eigenvalue weighted by Gasteiger charge is -2.10. The average Bonchev–Trinajstić information content (AvgIpc) is 2.38. The molecule has 1 aromatic carbocycles. The molecule has 0 atom stereocenters. The van der Waals surface area contributed by atoms with Crippen molar-refractivity contribution in [2.75, 3.05) is 27.4 Å². The third-order valence-electron chi connectivity index (χ3n) is 2.38. The standard InChI is InChI=1S/C11H18N2O4S/c1-16-6-5-13-18(14,15)10-3-4-11(17-2)9(7-10)8-12/h3-4,7,13H,5-6,8,12H2,1-2H3. The molecule has 0 aliphatic heterocycles. The zero-order chi connectivity index (χ0) is 13.6. The van der Waals surface area contributed by atoms with E-state index in [1.54, 1.807) is 6.07 Å². The zero-order valence-electron chi connectivity index (χ0n) is 10.5. The van der Waals surface area contributed by atoms with Crippen LogP contribution in [0.15, 0.2) is 23.1 Å². The summed E-state index contributed by atoms with van der Waals surface area (Å²) >= 11 is 0. The Balaban J connectivity index is 2.95. The summed E-state index contributed by atoms with van der Waals surface area (Å²) in [5.41, 5.74) is 6.19. The molecule has 0 aliphatic rings. The van der Waals surface area contributed by atoms with Crippen LogP contribution in [-0.4, -0.2) is 35.8 Å². The topological polar surface area (TPSA) is 90.6 Å². The highest BCUT2D eigenvalue weighted by Gasteiger charge is 2.15. The number of rotatable bonds is 7. The number of methoxy groups -OCH3 is 2. The van der Waals surface area contributed by atoms with Gasteiger partial charge in [-0.3, -0.25) is 0 Å². The molecule has 0 aliphatic carbocycles. The van der Waals surface area contributed by atoms with E-state index in [0.29, 0.717) is 17.9 Å². The molecule has 1 aromatic rings.